The van der Waals surface area contributed by atoms with Crippen molar-refractivity contribution in [2.24, 2.45) is 5.73 Å². The summed E-state index contributed by atoms with van der Waals surface area (Å²) >= 11 is 1.54. The van der Waals surface area contributed by atoms with E-state index in [1.54, 1.807) is 4.90 Å². The summed E-state index contributed by atoms with van der Waals surface area (Å²) in [6.07, 6.45) is 4.80. The Balaban J connectivity index is 2.38. The van der Waals surface area contributed by atoms with Crippen LogP contribution in [0.5, 0.6) is 0 Å². The predicted molar refractivity (Wildman–Crippen MR) is 77.0 cm³/mol. The van der Waals surface area contributed by atoms with Gasteiger partial charge < -0.3 is 5.73 Å². The van der Waals surface area contributed by atoms with Gasteiger partial charge in [-0.2, -0.15) is 0 Å². The lowest BCUT2D eigenvalue weighted by Crippen LogP contribution is -2.30. The maximum absolute atomic E-state index is 12.1. The molecule has 1 rings (SSSR count). The van der Waals surface area contributed by atoms with Crippen molar-refractivity contribution in [1.29, 1.82) is 0 Å². The van der Waals surface area contributed by atoms with Gasteiger partial charge in [0.1, 0.15) is 0 Å². The first-order valence-corrected chi connectivity index (χ1v) is 7.49. The van der Waals surface area contributed by atoms with E-state index in [1.165, 1.54) is 11.3 Å². The highest BCUT2D eigenvalue weighted by molar-refractivity contribution is 7.14. The number of hydrogen-bond acceptors (Lipinski definition) is 4. The molecule has 0 saturated heterocycles. The van der Waals surface area contributed by atoms with Crippen molar-refractivity contribution >= 4 is 22.4 Å². The Hall–Kier alpha value is -0.940. The Morgan fingerprint density at radius 3 is 2.67 bits per heavy atom. The van der Waals surface area contributed by atoms with E-state index >= 15 is 0 Å². The number of anilines is 1. The number of hydrogen-bond donors (Lipinski definition) is 1. The average Bonchev–Trinajstić information content (AvgIpc) is 2.76. The number of thiazole rings is 1. The van der Waals surface area contributed by atoms with E-state index in [0.717, 1.165) is 43.1 Å². The van der Waals surface area contributed by atoms with Crippen molar-refractivity contribution in [1.82, 2.24) is 4.98 Å². The number of nitrogens with two attached hydrogens (primary N) is 1. The molecule has 0 aliphatic heterocycles. The van der Waals surface area contributed by atoms with Crippen LogP contribution in [0.25, 0.3) is 0 Å². The summed E-state index contributed by atoms with van der Waals surface area (Å²) in [5.41, 5.74) is 6.41. The normalized spacial score (nSPS) is 10.6. The van der Waals surface area contributed by atoms with Gasteiger partial charge in [-0.3, -0.25) is 9.69 Å². The van der Waals surface area contributed by atoms with Gasteiger partial charge in [-0.1, -0.05) is 12.8 Å². The highest BCUT2D eigenvalue weighted by Gasteiger charge is 2.15. The van der Waals surface area contributed by atoms with E-state index in [1.807, 2.05) is 19.2 Å². The van der Waals surface area contributed by atoms with Crippen molar-refractivity contribution < 1.29 is 4.79 Å². The largest absolute Gasteiger partial charge is 0.330 e. The number of aromatic nitrogens is 1. The molecule has 2 N–H and O–H groups in total. The van der Waals surface area contributed by atoms with E-state index in [4.69, 9.17) is 5.73 Å². The zero-order valence-corrected chi connectivity index (χ0v) is 12.1. The second kappa shape index (κ2) is 8.21. The minimum Gasteiger partial charge on any atom is -0.330 e. The molecule has 0 spiro atoms. The van der Waals surface area contributed by atoms with Crippen molar-refractivity contribution in [3.8, 4) is 0 Å². The van der Waals surface area contributed by atoms with Crippen LogP contribution in [-0.4, -0.2) is 24.0 Å². The minimum absolute atomic E-state index is 0.180. The monoisotopic (exact) mass is 269 g/mol. The number of nitrogens with zero attached hydrogens (tertiary/aromatic N) is 2. The lowest BCUT2D eigenvalue weighted by atomic mass is 10.1. The quantitative estimate of drug-likeness (QED) is 0.738. The molecule has 0 saturated carbocycles. The molecule has 0 aliphatic carbocycles. The van der Waals surface area contributed by atoms with Gasteiger partial charge in [0, 0.05) is 18.3 Å². The van der Waals surface area contributed by atoms with Crippen LogP contribution in [0, 0.1) is 6.92 Å². The molecule has 102 valence electrons. The molecule has 0 aromatic carbocycles. The van der Waals surface area contributed by atoms with Gasteiger partial charge in [-0.25, -0.2) is 4.98 Å². The summed E-state index contributed by atoms with van der Waals surface area (Å²) in [5, 5.41) is 2.80. The zero-order chi connectivity index (χ0) is 13.4. The van der Waals surface area contributed by atoms with Gasteiger partial charge in [0.2, 0.25) is 5.91 Å². The average molecular weight is 269 g/mol. The fourth-order valence-electron chi connectivity index (χ4n) is 1.79. The maximum Gasteiger partial charge on any atom is 0.228 e. The van der Waals surface area contributed by atoms with Crippen molar-refractivity contribution in [2.45, 2.75) is 46.0 Å². The molecule has 0 fully saturated rings. The molecule has 1 amide bonds. The van der Waals surface area contributed by atoms with E-state index in [9.17, 15) is 4.79 Å². The second-order valence-corrected chi connectivity index (χ2v) is 5.20. The smallest absolute Gasteiger partial charge is 0.228 e. The predicted octanol–water partition coefficient (Wildman–Crippen LogP) is 2.71. The molecular weight excluding hydrogens is 246 g/mol. The molecule has 0 unspecified atom stereocenters. The lowest BCUT2D eigenvalue weighted by Gasteiger charge is -2.17. The number of unbranched alkanes of at least 4 members (excludes halogenated alkanes) is 3. The van der Waals surface area contributed by atoms with Crippen molar-refractivity contribution in [3.63, 3.8) is 0 Å². The summed E-state index contributed by atoms with van der Waals surface area (Å²) < 4.78 is 0. The standard InChI is InChI=1S/C13H23N3OS/c1-3-16(13-15-11(2)10-18-13)12(17)8-6-4-5-7-9-14/h10H,3-9,14H2,1-2H3. The van der Waals surface area contributed by atoms with Crippen LogP contribution >= 0.6 is 11.3 Å². The van der Waals surface area contributed by atoms with Gasteiger partial charge in [0.15, 0.2) is 5.13 Å². The third-order valence-corrected chi connectivity index (χ3v) is 3.78. The van der Waals surface area contributed by atoms with Crippen molar-refractivity contribution in [3.05, 3.63) is 11.1 Å². The summed E-state index contributed by atoms with van der Waals surface area (Å²) in [6.45, 7) is 5.37. The topological polar surface area (TPSA) is 59.2 Å². The van der Waals surface area contributed by atoms with Gasteiger partial charge in [-0.05, 0) is 33.2 Å². The molecule has 0 bridgehead atoms. The summed E-state index contributed by atoms with van der Waals surface area (Å²) in [6, 6.07) is 0. The minimum atomic E-state index is 0.180. The van der Waals surface area contributed by atoms with E-state index in [-0.39, 0.29) is 5.91 Å². The van der Waals surface area contributed by atoms with Gasteiger partial charge >= 0.3 is 0 Å². The van der Waals surface area contributed by atoms with Crippen molar-refractivity contribution in [2.75, 3.05) is 18.0 Å². The van der Waals surface area contributed by atoms with Crippen LogP contribution in [0.3, 0.4) is 0 Å². The van der Waals surface area contributed by atoms with Crippen LogP contribution in [0.4, 0.5) is 5.13 Å². The number of carbonyl (C=O) groups is 1. The van der Waals surface area contributed by atoms with Gasteiger partial charge in [-0.15, -0.1) is 11.3 Å². The third kappa shape index (κ3) is 4.74. The van der Waals surface area contributed by atoms with Gasteiger partial charge in [0.25, 0.3) is 0 Å². The number of rotatable bonds is 8. The van der Waals surface area contributed by atoms with E-state index < -0.39 is 0 Å². The van der Waals surface area contributed by atoms with Gasteiger partial charge in [0.05, 0.1) is 5.69 Å². The molecule has 0 aliphatic rings. The Morgan fingerprint density at radius 2 is 2.11 bits per heavy atom. The first-order chi connectivity index (χ1) is 8.69. The highest BCUT2D eigenvalue weighted by Crippen LogP contribution is 2.21. The Kier molecular flexibility index (Phi) is 6.90. The number of aryl methyl sites for hydroxylation is 1. The van der Waals surface area contributed by atoms with Crippen LogP contribution in [0.15, 0.2) is 5.38 Å². The molecule has 1 heterocycles. The number of amides is 1. The first-order valence-electron chi connectivity index (χ1n) is 6.61. The van der Waals surface area contributed by atoms with Crippen LogP contribution in [0.1, 0.15) is 44.7 Å². The molecule has 0 atom stereocenters. The number of carbonyl (C=O) groups excluding carboxylic acids is 1. The lowest BCUT2D eigenvalue weighted by molar-refractivity contribution is -0.118. The summed E-state index contributed by atoms with van der Waals surface area (Å²) in [4.78, 5) is 18.2. The molecule has 5 heteroatoms. The third-order valence-electron chi connectivity index (χ3n) is 2.80. The fraction of sp³-hybridized carbons (Fsp3) is 0.692. The molecular formula is C13H23N3OS. The second-order valence-electron chi connectivity index (χ2n) is 4.36. The van der Waals surface area contributed by atoms with Crippen LogP contribution in [0.2, 0.25) is 0 Å². The molecule has 4 nitrogen and oxygen atoms in total. The van der Waals surface area contributed by atoms with E-state index in [0.29, 0.717) is 13.0 Å². The van der Waals surface area contributed by atoms with Crippen LogP contribution in [-0.2, 0) is 4.79 Å². The maximum atomic E-state index is 12.1. The summed E-state index contributed by atoms with van der Waals surface area (Å²) in [7, 11) is 0. The molecule has 1 aromatic heterocycles. The highest BCUT2D eigenvalue weighted by atomic mass is 32.1. The Bertz CT molecular complexity index is 365. The SMILES string of the molecule is CCN(C(=O)CCCCCCN)c1nc(C)cs1. The molecule has 1 aromatic rings. The molecule has 18 heavy (non-hydrogen) atoms. The zero-order valence-electron chi connectivity index (χ0n) is 11.3. The Morgan fingerprint density at radius 1 is 1.39 bits per heavy atom. The van der Waals surface area contributed by atoms with E-state index in [2.05, 4.69) is 4.98 Å². The first kappa shape index (κ1) is 15.1. The van der Waals surface area contributed by atoms with Crippen LogP contribution < -0.4 is 10.6 Å². The molecule has 0 radical (unpaired) electrons. The summed E-state index contributed by atoms with van der Waals surface area (Å²) in [5.74, 6) is 0.180. The fourth-order valence-corrected chi connectivity index (χ4v) is 2.68. The Labute approximate surface area is 113 Å².